The summed E-state index contributed by atoms with van der Waals surface area (Å²) in [7, 11) is 0. The van der Waals surface area contributed by atoms with Crippen molar-refractivity contribution in [2.75, 3.05) is 13.1 Å². The zero-order valence-electron chi connectivity index (χ0n) is 16.4. The highest BCUT2D eigenvalue weighted by atomic mass is 32.1. The maximum atomic E-state index is 12.7. The van der Waals surface area contributed by atoms with Crippen LogP contribution < -0.4 is 5.32 Å². The van der Waals surface area contributed by atoms with Crippen LogP contribution in [0, 0.1) is 6.92 Å². The Balaban J connectivity index is 1.40. The van der Waals surface area contributed by atoms with Crippen molar-refractivity contribution < 1.29 is 22.8 Å². The Bertz CT molecular complexity index is 1120. The van der Waals surface area contributed by atoms with Crippen LogP contribution in [0.1, 0.15) is 32.1 Å². The molecule has 0 unspecified atom stereocenters. The molecule has 1 aliphatic rings. The quantitative estimate of drug-likeness (QED) is 0.664. The third-order valence-electron chi connectivity index (χ3n) is 5.11. The zero-order valence-corrected chi connectivity index (χ0v) is 17.3. The summed E-state index contributed by atoms with van der Waals surface area (Å²) < 4.78 is 39.4. The van der Waals surface area contributed by atoms with Gasteiger partial charge in [-0.2, -0.15) is 18.3 Å². The second-order valence-corrected chi connectivity index (χ2v) is 8.08. The Morgan fingerprint density at radius 1 is 1.23 bits per heavy atom. The van der Waals surface area contributed by atoms with Gasteiger partial charge in [-0.15, -0.1) is 11.3 Å². The second kappa shape index (κ2) is 8.14. The molecule has 11 heteroatoms. The van der Waals surface area contributed by atoms with Gasteiger partial charge in [-0.3, -0.25) is 9.59 Å². The molecule has 0 aliphatic carbocycles. The molecule has 3 aromatic heterocycles. The average Bonchev–Trinajstić information content (AvgIpc) is 3.37. The van der Waals surface area contributed by atoms with E-state index in [0.717, 1.165) is 18.1 Å². The number of rotatable bonds is 4. The molecule has 4 rings (SSSR count). The van der Waals surface area contributed by atoms with Crippen LogP contribution in [0.2, 0.25) is 0 Å². The van der Waals surface area contributed by atoms with E-state index in [0.29, 0.717) is 25.0 Å². The van der Waals surface area contributed by atoms with E-state index in [9.17, 15) is 22.8 Å². The van der Waals surface area contributed by atoms with Crippen molar-refractivity contribution in [2.45, 2.75) is 26.1 Å². The number of hydrogen-bond donors (Lipinski definition) is 1. The van der Waals surface area contributed by atoms with Gasteiger partial charge in [0.15, 0.2) is 5.82 Å². The molecule has 1 aliphatic heterocycles. The van der Waals surface area contributed by atoms with Gasteiger partial charge in [0.1, 0.15) is 0 Å². The molecule has 162 valence electrons. The van der Waals surface area contributed by atoms with E-state index in [1.165, 1.54) is 21.8 Å². The smallest absolute Gasteiger partial charge is 0.343 e. The second-order valence-electron chi connectivity index (χ2n) is 7.08. The molecule has 0 saturated carbocycles. The fourth-order valence-electron chi connectivity index (χ4n) is 3.37. The van der Waals surface area contributed by atoms with Crippen LogP contribution in [-0.4, -0.2) is 44.6 Å². The summed E-state index contributed by atoms with van der Waals surface area (Å²) in [6, 6.07) is 4.09. The summed E-state index contributed by atoms with van der Waals surface area (Å²) in [6.07, 6.45) is -1.67. The highest BCUT2D eigenvalue weighted by Crippen LogP contribution is 2.29. The number of fused-ring (bicyclic) bond motifs is 1. The van der Waals surface area contributed by atoms with E-state index in [2.05, 4.69) is 15.4 Å². The average molecular weight is 449 g/mol. The van der Waals surface area contributed by atoms with Crippen molar-refractivity contribution in [2.24, 2.45) is 0 Å². The zero-order chi connectivity index (χ0) is 22.2. The van der Waals surface area contributed by atoms with Crippen LogP contribution in [0.25, 0.3) is 5.82 Å². The predicted molar refractivity (Wildman–Crippen MR) is 107 cm³/mol. The van der Waals surface area contributed by atoms with Crippen LogP contribution in [-0.2, 0) is 23.9 Å². The lowest BCUT2D eigenvalue weighted by Crippen LogP contribution is -2.42. The summed E-state index contributed by atoms with van der Waals surface area (Å²) in [5.74, 6) is -0.516. The van der Waals surface area contributed by atoms with Gasteiger partial charge < -0.3 is 10.2 Å². The Hall–Kier alpha value is -3.21. The molecule has 0 spiro atoms. The third-order valence-corrected chi connectivity index (χ3v) is 6.13. The maximum Gasteiger partial charge on any atom is 0.417 e. The number of aromatic nitrogens is 3. The normalized spacial score (nSPS) is 13.7. The molecule has 0 atom stereocenters. The van der Waals surface area contributed by atoms with Crippen molar-refractivity contribution in [3.05, 3.63) is 63.2 Å². The monoisotopic (exact) mass is 449 g/mol. The van der Waals surface area contributed by atoms with Gasteiger partial charge >= 0.3 is 6.18 Å². The first-order valence-electron chi connectivity index (χ1n) is 9.43. The molecule has 7 nitrogen and oxygen atoms in total. The number of hydrogen-bond acceptors (Lipinski definition) is 5. The van der Waals surface area contributed by atoms with Gasteiger partial charge in [0.2, 0.25) is 5.91 Å². The van der Waals surface area contributed by atoms with Gasteiger partial charge in [0.05, 0.1) is 29.6 Å². The summed E-state index contributed by atoms with van der Waals surface area (Å²) in [4.78, 5) is 31.8. The summed E-state index contributed by atoms with van der Waals surface area (Å²) >= 11 is 1.68. The lowest BCUT2D eigenvalue weighted by atomic mass is 10.1. The van der Waals surface area contributed by atoms with Gasteiger partial charge in [-0.25, -0.2) is 9.67 Å². The van der Waals surface area contributed by atoms with Crippen molar-refractivity contribution in [3.63, 3.8) is 0 Å². The molecule has 1 N–H and O–H groups in total. The predicted octanol–water partition coefficient (Wildman–Crippen LogP) is 2.97. The number of halogens is 3. The summed E-state index contributed by atoms with van der Waals surface area (Å²) in [5.41, 5.74) is 0.883. The third kappa shape index (κ3) is 4.31. The number of thiophene rings is 1. The van der Waals surface area contributed by atoms with E-state index in [1.807, 2.05) is 11.4 Å². The van der Waals surface area contributed by atoms with Gasteiger partial charge in [0, 0.05) is 24.2 Å². The van der Waals surface area contributed by atoms with Crippen LogP contribution >= 0.6 is 11.3 Å². The Kier molecular flexibility index (Phi) is 5.52. The molecule has 2 amide bonds. The van der Waals surface area contributed by atoms with Crippen LogP contribution in [0.5, 0.6) is 0 Å². The highest BCUT2D eigenvalue weighted by Gasteiger charge is 2.31. The lowest BCUT2D eigenvalue weighted by molar-refractivity contribution is -0.137. The van der Waals surface area contributed by atoms with Crippen molar-refractivity contribution >= 4 is 23.2 Å². The Labute approximate surface area is 179 Å². The number of carbonyl (C=O) groups excluding carboxylic acids is 2. The van der Waals surface area contributed by atoms with Gasteiger partial charge in [-0.1, -0.05) is 0 Å². The molecule has 0 bridgehead atoms. The van der Waals surface area contributed by atoms with Crippen LogP contribution in [0.4, 0.5) is 13.2 Å². The first-order valence-corrected chi connectivity index (χ1v) is 10.3. The Morgan fingerprint density at radius 3 is 2.74 bits per heavy atom. The largest absolute Gasteiger partial charge is 0.417 e. The topological polar surface area (TPSA) is 80.1 Å². The molecule has 0 saturated heterocycles. The minimum Gasteiger partial charge on any atom is -0.343 e. The molecular formula is C20H18F3N5O2S. The fourth-order valence-corrected chi connectivity index (χ4v) is 4.26. The highest BCUT2D eigenvalue weighted by molar-refractivity contribution is 7.10. The molecule has 0 radical (unpaired) electrons. The number of nitrogens with one attached hydrogen (secondary N) is 1. The SMILES string of the molecule is Cc1c(C(=O)NCC(=O)N2CCc3sccc3C2)cnn1-c1ccc(C(F)(F)F)cn1. The van der Waals surface area contributed by atoms with E-state index in [4.69, 9.17) is 0 Å². The molecular weight excluding hydrogens is 431 g/mol. The number of alkyl halides is 3. The number of nitrogens with zero attached hydrogens (tertiary/aromatic N) is 4. The van der Waals surface area contributed by atoms with Crippen LogP contribution in [0.3, 0.4) is 0 Å². The van der Waals surface area contributed by atoms with Gasteiger partial charge in [0.25, 0.3) is 5.91 Å². The molecule has 3 aromatic rings. The molecule has 0 aromatic carbocycles. The molecule has 4 heterocycles. The minimum absolute atomic E-state index is 0.151. The summed E-state index contributed by atoms with van der Waals surface area (Å²) in [5, 5.41) is 8.66. The first-order chi connectivity index (χ1) is 14.7. The molecule has 31 heavy (non-hydrogen) atoms. The number of carbonyl (C=O) groups is 2. The van der Waals surface area contributed by atoms with E-state index in [1.54, 1.807) is 23.2 Å². The number of amides is 2. The minimum atomic E-state index is -4.48. The Morgan fingerprint density at radius 2 is 2.03 bits per heavy atom. The van der Waals surface area contributed by atoms with E-state index >= 15 is 0 Å². The standard InChI is InChI=1S/C20H18F3N5O2S/c1-12-15(9-26-28(12)17-3-2-14(8-24-17)20(21,22)23)19(30)25-10-18(29)27-6-4-16-13(11-27)5-7-31-16/h2-3,5,7-9H,4,6,10-11H2,1H3,(H,25,30). The first kappa shape index (κ1) is 21.0. The van der Waals surface area contributed by atoms with E-state index in [-0.39, 0.29) is 23.8 Å². The number of pyridine rings is 1. The summed E-state index contributed by atoms with van der Waals surface area (Å²) in [6.45, 7) is 2.59. The lowest BCUT2D eigenvalue weighted by Gasteiger charge is -2.27. The fraction of sp³-hybridized carbons (Fsp3) is 0.300. The van der Waals surface area contributed by atoms with Crippen molar-refractivity contribution in [1.29, 1.82) is 0 Å². The van der Waals surface area contributed by atoms with Gasteiger partial charge in [-0.05, 0) is 42.5 Å². The van der Waals surface area contributed by atoms with Crippen LogP contribution in [0.15, 0.2) is 36.0 Å². The van der Waals surface area contributed by atoms with Crippen molar-refractivity contribution in [3.8, 4) is 5.82 Å². The maximum absolute atomic E-state index is 12.7. The van der Waals surface area contributed by atoms with Crippen molar-refractivity contribution in [1.82, 2.24) is 25.0 Å². The van der Waals surface area contributed by atoms with E-state index < -0.39 is 17.6 Å². The molecule has 0 fully saturated rings.